The molecule has 1 aromatic rings. The van der Waals surface area contributed by atoms with E-state index in [-0.39, 0.29) is 24.4 Å². The second kappa shape index (κ2) is 6.68. The van der Waals surface area contributed by atoms with Crippen molar-refractivity contribution in [3.8, 4) is 0 Å². The zero-order valence-corrected chi connectivity index (χ0v) is 11.5. The van der Waals surface area contributed by atoms with Gasteiger partial charge in [0, 0.05) is 6.04 Å². The molecule has 2 unspecified atom stereocenters. The molecule has 4 N–H and O–H groups in total. The van der Waals surface area contributed by atoms with Crippen molar-refractivity contribution >= 4 is 23.2 Å². The lowest BCUT2D eigenvalue weighted by molar-refractivity contribution is -0.121. The number of carbonyl (C=O) groups is 2. The van der Waals surface area contributed by atoms with Crippen LogP contribution >= 0.6 is 11.3 Å². The fraction of sp³-hybridized carbons (Fsp3) is 0.538. The van der Waals surface area contributed by atoms with Crippen LogP contribution in [0.15, 0.2) is 17.5 Å². The first-order valence-electron chi connectivity index (χ1n) is 6.52. The van der Waals surface area contributed by atoms with Crippen LogP contribution in [0.25, 0.3) is 0 Å². The van der Waals surface area contributed by atoms with Crippen molar-refractivity contribution < 1.29 is 9.59 Å². The average molecular weight is 281 g/mol. The molecule has 5 nitrogen and oxygen atoms in total. The molecular weight excluding hydrogens is 262 g/mol. The Morgan fingerprint density at radius 2 is 2.26 bits per heavy atom. The van der Waals surface area contributed by atoms with Crippen LogP contribution in [0.1, 0.15) is 28.9 Å². The molecule has 2 amide bonds. The normalized spacial score (nSPS) is 22.2. The standard InChI is InChI=1S/C13H19N3O2S/c14-7-9-3-1-4-10(9)16-12(17)8-15-13(18)11-5-2-6-19-11/h2,5-6,9-10H,1,3-4,7-8,14H2,(H,15,18)(H,16,17). The van der Waals surface area contributed by atoms with Crippen LogP contribution in [-0.2, 0) is 4.79 Å². The van der Waals surface area contributed by atoms with E-state index in [4.69, 9.17) is 5.73 Å². The summed E-state index contributed by atoms with van der Waals surface area (Å²) in [6, 6.07) is 3.71. The Morgan fingerprint density at radius 3 is 2.95 bits per heavy atom. The summed E-state index contributed by atoms with van der Waals surface area (Å²) in [5, 5.41) is 7.40. The fourth-order valence-electron chi connectivity index (χ4n) is 2.42. The molecule has 1 aliphatic rings. The second-order valence-electron chi connectivity index (χ2n) is 4.76. The quantitative estimate of drug-likeness (QED) is 0.743. The second-order valence-corrected chi connectivity index (χ2v) is 5.71. The Morgan fingerprint density at radius 1 is 1.42 bits per heavy atom. The Hall–Kier alpha value is -1.40. The summed E-state index contributed by atoms with van der Waals surface area (Å²) in [6.45, 7) is 0.622. The van der Waals surface area contributed by atoms with Gasteiger partial charge < -0.3 is 16.4 Å². The highest BCUT2D eigenvalue weighted by atomic mass is 32.1. The molecular formula is C13H19N3O2S. The Balaban J connectivity index is 1.74. The highest BCUT2D eigenvalue weighted by Gasteiger charge is 2.27. The summed E-state index contributed by atoms with van der Waals surface area (Å²) in [5.74, 6) is 0.0270. The molecule has 0 bridgehead atoms. The molecule has 0 saturated heterocycles. The number of nitrogens with one attached hydrogen (secondary N) is 2. The number of carbonyl (C=O) groups excluding carboxylic acids is 2. The molecule has 6 heteroatoms. The SMILES string of the molecule is NCC1CCCC1NC(=O)CNC(=O)c1cccs1. The van der Waals surface area contributed by atoms with E-state index >= 15 is 0 Å². The minimum Gasteiger partial charge on any atom is -0.352 e. The zero-order valence-electron chi connectivity index (χ0n) is 10.7. The van der Waals surface area contributed by atoms with Gasteiger partial charge in [-0.25, -0.2) is 0 Å². The average Bonchev–Trinajstić information content (AvgIpc) is 3.06. The Bertz CT molecular complexity index is 433. The molecule has 2 atom stereocenters. The minimum atomic E-state index is -0.202. The van der Waals surface area contributed by atoms with Gasteiger partial charge in [0.05, 0.1) is 11.4 Å². The van der Waals surface area contributed by atoms with E-state index in [0.29, 0.717) is 17.3 Å². The maximum Gasteiger partial charge on any atom is 0.261 e. The summed E-state index contributed by atoms with van der Waals surface area (Å²) in [5.41, 5.74) is 5.67. The zero-order chi connectivity index (χ0) is 13.7. The van der Waals surface area contributed by atoms with Crippen LogP contribution in [-0.4, -0.2) is 30.9 Å². The number of hydrogen-bond donors (Lipinski definition) is 3. The van der Waals surface area contributed by atoms with Gasteiger partial charge in [-0.2, -0.15) is 0 Å². The fourth-order valence-corrected chi connectivity index (χ4v) is 3.06. The summed E-state index contributed by atoms with van der Waals surface area (Å²) in [7, 11) is 0. The first kappa shape index (κ1) is 14.0. The van der Waals surface area contributed by atoms with Crippen molar-refractivity contribution in [3.63, 3.8) is 0 Å². The van der Waals surface area contributed by atoms with E-state index in [1.807, 2.05) is 11.4 Å². The molecule has 0 spiro atoms. The highest BCUT2D eigenvalue weighted by molar-refractivity contribution is 7.12. The largest absolute Gasteiger partial charge is 0.352 e. The smallest absolute Gasteiger partial charge is 0.261 e. The molecule has 0 radical (unpaired) electrons. The van der Waals surface area contributed by atoms with Gasteiger partial charge in [0.2, 0.25) is 5.91 Å². The van der Waals surface area contributed by atoms with E-state index in [2.05, 4.69) is 10.6 Å². The number of hydrogen-bond acceptors (Lipinski definition) is 4. The van der Waals surface area contributed by atoms with Gasteiger partial charge in [0.15, 0.2) is 0 Å². The van der Waals surface area contributed by atoms with Gasteiger partial charge in [0.25, 0.3) is 5.91 Å². The van der Waals surface area contributed by atoms with Crippen molar-refractivity contribution in [2.45, 2.75) is 25.3 Å². The van der Waals surface area contributed by atoms with E-state index in [1.54, 1.807) is 6.07 Å². The van der Waals surface area contributed by atoms with Gasteiger partial charge in [-0.3, -0.25) is 9.59 Å². The molecule has 0 aliphatic heterocycles. The third kappa shape index (κ3) is 3.78. The van der Waals surface area contributed by atoms with Crippen LogP contribution in [0.3, 0.4) is 0 Å². The maximum absolute atomic E-state index is 11.8. The molecule has 1 aliphatic carbocycles. The van der Waals surface area contributed by atoms with Crippen molar-refractivity contribution in [2.24, 2.45) is 11.7 Å². The van der Waals surface area contributed by atoms with E-state index < -0.39 is 0 Å². The van der Waals surface area contributed by atoms with Gasteiger partial charge in [-0.05, 0) is 36.8 Å². The molecule has 19 heavy (non-hydrogen) atoms. The molecule has 1 aromatic heterocycles. The van der Waals surface area contributed by atoms with Crippen LogP contribution in [0.4, 0.5) is 0 Å². The van der Waals surface area contributed by atoms with Gasteiger partial charge in [-0.1, -0.05) is 12.5 Å². The molecule has 1 saturated carbocycles. The topological polar surface area (TPSA) is 84.2 Å². The molecule has 1 heterocycles. The predicted octanol–water partition coefficient (Wildman–Crippen LogP) is 0.722. The monoisotopic (exact) mass is 281 g/mol. The highest BCUT2D eigenvalue weighted by Crippen LogP contribution is 2.24. The Kier molecular flexibility index (Phi) is 4.93. The minimum absolute atomic E-state index is 0.0184. The lowest BCUT2D eigenvalue weighted by Gasteiger charge is -2.19. The first-order valence-corrected chi connectivity index (χ1v) is 7.40. The lowest BCUT2D eigenvalue weighted by Crippen LogP contribution is -2.44. The van der Waals surface area contributed by atoms with Crippen molar-refractivity contribution in [3.05, 3.63) is 22.4 Å². The molecule has 2 rings (SSSR count). The summed E-state index contributed by atoms with van der Waals surface area (Å²) >= 11 is 1.36. The lowest BCUT2D eigenvalue weighted by atomic mass is 10.0. The number of nitrogens with two attached hydrogens (primary N) is 1. The van der Waals surface area contributed by atoms with Crippen LogP contribution < -0.4 is 16.4 Å². The van der Waals surface area contributed by atoms with E-state index in [9.17, 15) is 9.59 Å². The first-order chi connectivity index (χ1) is 9.20. The number of amides is 2. The Labute approximate surface area is 116 Å². The summed E-state index contributed by atoms with van der Waals surface area (Å²) in [6.07, 6.45) is 3.16. The van der Waals surface area contributed by atoms with Crippen LogP contribution in [0, 0.1) is 5.92 Å². The van der Waals surface area contributed by atoms with Crippen molar-refractivity contribution in [1.82, 2.24) is 10.6 Å². The number of rotatable bonds is 5. The van der Waals surface area contributed by atoms with E-state index in [0.717, 1.165) is 19.3 Å². The third-order valence-corrected chi connectivity index (χ3v) is 4.33. The van der Waals surface area contributed by atoms with Crippen LogP contribution in [0.5, 0.6) is 0 Å². The third-order valence-electron chi connectivity index (χ3n) is 3.46. The maximum atomic E-state index is 11.8. The predicted molar refractivity (Wildman–Crippen MR) is 75.0 cm³/mol. The van der Waals surface area contributed by atoms with Gasteiger partial charge in [0.1, 0.15) is 0 Å². The van der Waals surface area contributed by atoms with Crippen LogP contribution in [0.2, 0.25) is 0 Å². The molecule has 1 fully saturated rings. The van der Waals surface area contributed by atoms with Crippen molar-refractivity contribution in [2.75, 3.05) is 13.1 Å². The number of thiophene rings is 1. The molecule has 104 valence electrons. The van der Waals surface area contributed by atoms with E-state index in [1.165, 1.54) is 11.3 Å². The summed E-state index contributed by atoms with van der Waals surface area (Å²) in [4.78, 5) is 24.1. The summed E-state index contributed by atoms with van der Waals surface area (Å²) < 4.78 is 0. The molecule has 0 aromatic carbocycles. The van der Waals surface area contributed by atoms with Crippen molar-refractivity contribution in [1.29, 1.82) is 0 Å². The van der Waals surface area contributed by atoms with Gasteiger partial charge in [-0.15, -0.1) is 11.3 Å². The van der Waals surface area contributed by atoms with Gasteiger partial charge >= 0.3 is 0 Å².